The third-order valence-electron chi connectivity index (χ3n) is 1.79. The number of aromatic hydroxyl groups is 1. The third-order valence-corrected chi connectivity index (χ3v) is 2.76. The van der Waals surface area contributed by atoms with Gasteiger partial charge in [0.25, 0.3) is 0 Å². The highest BCUT2D eigenvalue weighted by atomic mass is 79.9. The highest BCUT2D eigenvalue weighted by molar-refractivity contribution is 9.10. The van der Waals surface area contributed by atoms with Crippen LogP contribution in [0.4, 0.5) is 0 Å². The molecule has 71 valence electrons. The van der Waals surface area contributed by atoms with Crippen molar-refractivity contribution in [3.05, 3.63) is 27.7 Å². The Kier molecular flexibility index (Phi) is 3.33. The van der Waals surface area contributed by atoms with Gasteiger partial charge in [0.15, 0.2) is 0 Å². The number of hydrogen-bond acceptors (Lipinski definition) is 2. The van der Waals surface area contributed by atoms with Gasteiger partial charge >= 0.3 is 0 Å². The zero-order chi connectivity index (χ0) is 10.0. The molecule has 0 fully saturated rings. The van der Waals surface area contributed by atoms with E-state index in [1.165, 1.54) is 0 Å². The lowest BCUT2D eigenvalue weighted by molar-refractivity contribution is 0.385. The summed E-state index contributed by atoms with van der Waals surface area (Å²) < 4.78 is 0.742. The molecule has 0 saturated carbocycles. The maximum absolute atomic E-state index is 9.73. The molecular formula is C10H13BrNO. The van der Waals surface area contributed by atoms with E-state index in [0.717, 1.165) is 22.1 Å². The maximum Gasteiger partial charge on any atom is 0.134 e. The highest BCUT2D eigenvalue weighted by Gasteiger charge is 2.08. The van der Waals surface area contributed by atoms with Gasteiger partial charge in [0.05, 0.1) is 4.47 Å². The van der Waals surface area contributed by atoms with Gasteiger partial charge in [-0.2, -0.15) is 0 Å². The quantitative estimate of drug-likeness (QED) is 0.861. The van der Waals surface area contributed by atoms with Gasteiger partial charge in [-0.3, -0.25) is 0 Å². The Morgan fingerprint density at radius 1 is 1.54 bits per heavy atom. The summed E-state index contributed by atoms with van der Waals surface area (Å²) in [7, 11) is 3.93. The van der Waals surface area contributed by atoms with Crippen molar-refractivity contribution in [3.63, 3.8) is 0 Å². The van der Waals surface area contributed by atoms with Crippen molar-refractivity contribution in [2.45, 2.75) is 13.5 Å². The number of benzene rings is 1. The van der Waals surface area contributed by atoms with Crippen LogP contribution in [0.5, 0.6) is 5.75 Å². The van der Waals surface area contributed by atoms with E-state index < -0.39 is 0 Å². The third kappa shape index (κ3) is 2.45. The Bertz CT molecular complexity index is 310. The molecule has 1 aromatic rings. The van der Waals surface area contributed by atoms with Crippen molar-refractivity contribution in [3.8, 4) is 5.75 Å². The molecule has 2 nitrogen and oxygen atoms in total. The Hall–Kier alpha value is -0.540. The minimum atomic E-state index is 0.324. The van der Waals surface area contributed by atoms with Gasteiger partial charge < -0.3 is 10.0 Å². The van der Waals surface area contributed by atoms with Crippen LogP contribution in [-0.2, 0) is 6.54 Å². The number of nitrogens with zero attached hydrogens (tertiary/aromatic N) is 1. The average molecular weight is 243 g/mol. The van der Waals surface area contributed by atoms with Gasteiger partial charge in [0, 0.05) is 12.1 Å². The average Bonchev–Trinajstić information content (AvgIpc) is 2.06. The minimum absolute atomic E-state index is 0.324. The normalized spacial score (nSPS) is 10.8. The van der Waals surface area contributed by atoms with E-state index in [0.29, 0.717) is 5.75 Å². The summed E-state index contributed by atoms with van der Waals surface area (Å²) in [6, 6.07) is 4.91. The molecule has 1 N–H and O–H groups in total. The molecule has 0 saturated heterocycles. The first-order valence-corrected chi connectivity index (χ1v) is 4.85. The number of aryl methyl sites for hydroxylation is 1. The summed E-state index contributed by atoms with van der Waals surface area (Å²) in [5.74, 6) is 0.324. The van der Waals surface area contributed by atoms with Crippen LogP contribution < -0.4 is 0 Å². The molecule has 0 aliphatic carbocycles. The molecule has 0 heterocycles. The van der Waals surface area contributed by atoms with Gasteiger partial charge in [0.1, 0.15) is 5.75 Å². The van der Waals surface area contributed by atoms with E-state index >= 15 is 0 Å². The molecule has 0 atom stereocenters. The maximum atomic E-state index is 9.73. The van der Waals surface area contributed by atoms with Gasteiger partial charge in [-0.15, -0.1) is 0 Å². The van der Waals surface area contributed by atoms with Crippen LogP contribution in [-0.4, -0.2) is 24.1 Å². The fraction of sp³-hybridized carbons (Fsp3) is 0.400. The summed E-state index contributed by atoms with van der Waals surface area (Å²) in [6.45, 7) is 2.63. The Morgan fingerprint density at radius 3 is 2.69 bits per heavy atom. The van der Waals surface area contributed by atoms with Gasteiger partial charge in [0.2, 0.25) is 0 Å². The predicted octanol–water partition coefficient (Wildman–Crippen LogP) is 2.32. The predicted molar refractivity (Wildman–Crippen MR) is 56.8 cm³/mol. The van der Waals surface area contributed by atoms with Crippen LogP contribution in [0.3, 0.4) is 0 Å². The van der Waals surface area contributed by atoms with Crippen molar-refractivity contribution in [2.75, 3.05) is 14.1 Å². The van der Waals surface area contributed by atoms with Crippen LogP contribution >= 0.6 is 15.9 Å². The zero-order valence-electron chi connectivity index (χ0n) is 8.06. The van der Waals surface area contributed by atoms with Gasteiger partial charge in [-0.05, 0) is 54.6 Å². The summed E-state index contributed by atoms with van der Waals surface area (Å²) >= 11 is 3.32. The molecule has 0 spiro atoms. The molecule has 0 aliphatic rings. The number of phenols is 1. The Balaban J connectivity index is 3.04. The molecule has 0 amide bonds. The molecule has 13 heavy (non-hydrogen) atoms. The topological polar surface area (TPSA) is 23.5 Å². The molecule has 3 heteroatoms. The molecule has 0 aromatic heterocycles. The SMILES string of the molecule is Cc1[c]cc(CN(C)C)c(O)c1Br. The molecule has 1 aromatic carbocycles. The second-order valence-electron chi connectivity index (χ2n) is 3.34. The van der Waals surface area contributed by atoms with Crippen molar-refractivity contribution in [1.82, 2.24) is 4.90 Å². The van der Waals surface area contributed by atoms with Crippen LogP contribution in [0.1, 0.15) is 11.1 Å². The minimum Gasteiger partial charge on any atom is -0.506 e. The molecule has 0 aliphatic heterocycles. The van der Waals surface area contributed by atoms with Crippen LogP contribution in [0, 0.1) is 13.0 Å². The van der Waals surface area contributed by atoms with Crippen molar-refractivity contribution in [1.29, 1.82) is 0 Å². The van der Waals surface area contributed by atoms with Crippen LogP contribution in [0.25, 0.3) is 0 Å². The van der Waals surface area contributed by atoms with E-state index in [1.54, 1.807) is 0 Å². The van der Waals surface area contributed by atoms with E-state index in [1.807, 2.05) is 32.0 Å². The number of halogens is 1. The zero-order valence-corrected chi connectivity index (χ0v) is 9.64. The number of rotatable bonds is 2. The molecular weight excluding hydrogens is 230 g/mol. The lowest BCUT2D eigenvalue weighted by Crippen LogP contribution is -2.10. The summed E-state index contributed by atoms with van der Waals surface area (Å²) in [5.41, 5.74) is 1.82. The molecule has 1 radical (unpaired) electrons. The highest BCUT2D eigenvalue weighted by Crippen LogP contribution is 2.30. The van der Waals surface area contributed by atoms with E-state index in [2.05, 4.69) is 22.0 Å². The second-order valence-corrected chi connectivity index (χ2v) is 4.13. The first kappa shape index (κ1) is 10.5. The monoisotopic (exact) mass is 242 g/mol. The first-order chi connectivity index (χ1) is 6.02. The van der Waals surface area contributed by atoms with E-state index in [4.69, 9.17) is 0 Å². The summed E-state index contributed by atoms with van der Waals surface area (Å²) in [6.07, 6.45) is 0. The largest absolute Gasteiger partial charge is 0.506 e. The smallest absolute Gasteiger partial charge is 0.134 e. The van der Waals surface area contributed by atoms with Crippen LogP contribution in [0.2, 0.25) is 0 Å². The molecule has 1 rings (SSSR count). The van der Waals surface area contributed by atoms with Crippen LogP contribution in [0.15, 0.2) is 10.5 Å². The van der Waals surface area contributed by atoms with Crippen molar-refractivity contribution < 1.29 is 5.11 Å². The fourth-order valence-electron chi connectivity index (χ4n) is 1.11. The molecule has 0 bridgehead atoms. The first-order valence-electron chi connectivity index (χ1n) is 4.05. The van der Waals surface area contributed by atoms with Crippen molar-refractivity contribution >= 4 is 15.9 Å². The Labute approximate surface area is 87.3 Å². The van der Waals surface area contributed by atoms with Gasteiger partial charge in [-0.1, -0.05) is 0 Å². The summed E-state index contributed by atoms with van der Waals surface area (Å²) in [4.78, 5) is 2.00. The Morgan fingerprint density at radius 2 is 2.15 bits per heavy atom. The standard InChI is InChI=1S/C10H13BrNO/c1-7-4-5-8(6-12(2)3)10(13)9(7)11/h5,13H,6H2,1-3H3. The fourth-order valence-corrected chi connectivity index (χ4v) is 1.48. The van der Waals surface area contributed by atoms with E-state index in [9.17, 15) is 5.11 Å². The second kappa shape index (κ2) is 4.11. The van der Waals surface area contributed by atoms with Gasteiger partial charge in [-0.25, -0.2) is 0 Å². The van der Waals surface area contributed by atoms with Crippen molar-refractivity contribution in [2.24, 2.45) is 0 Å². The lowest BCUT2D eigenvalue weighted by atomic mass is 10.1. The number of phenolic OH excluding ortho intramolecular Hbond substituents is 1. The van der Waals surface area contributed by atoms with E-state index in [-0.39, 0.29) is 0 Å². The molecule has 0 unspecified atom stereocenters. The summed E-state index contributed by atoms with van der Waals surface area (Å²) in [5, 5.41) is 9.73. The number of hydrogen-bond donors (Lipinski definition) is 1. The lowest BCUT2D eigenvalue weighted by Gasteiger charge is -2.12.